The molecule has 1 unspecified atom stereocenters. The van der Waals surface area contributed by atoms with Crippen molar-refractivity contribution >= 4 is 21.4 Å². The van der Waals surface area contributed by atoms with E-state index in [9.17, 15) is 43.8 Å². The average Bonchev–Trinajstić information content (AvgIpc) is 2.61. The summed E-state index contributed by atoms with van der Waals surface area (Å²) < 4.78 is 30.8. The van der Waals surface area contributed by atoms with E-state index in [1.807, 2.05) is 5.32 Å². The Kier molecular flexibility index (Phi) is 5.84. The molecule has 0 spiro atoms. The molecule has 150 valence electrons. The number of hydrogen-bond acceptors (Lipinski definition) is 10. The van der Waals surface area contributed by atoms with E-state index < -0.39 is 67.3 Å². The molecule has 27 heavy (non-hydrogen) atoms. The number of nitrogens with zero attached hydrogens (tertiary/aromatic N) is 1. The molecule has 0 bridgehead atoms. The number of carbonyl (C=O) groups is 1. The molecule has 5 atom stereocenters. The molecule has 0 saturated carbocycles. The number of nitro benzene ring substituents is 1. The van der Waals surface area contributed by atoms with Crippen molar-refractivity contribution in [3.05, 3.63) is 34.4 Å². The highest BCUT2D eigenvalue weighted by Gasteiger charge is 2.61. The first-order valence-corrected chi connectivity index (χ1v) is 9.07. The van der Waals surface area contributed by atoms with Crippen molar-refractivity contribution in [3.63, 3.8) is 0 Å². The molecule has 1 aliphatic heterocycles. The number of nitrogens with one attached hydrogen (secondary N) is 1. The second-order valence-electron chi connectivity index (χ2n) is 5.88. The van der Waals surface area contributed by atoms with Gasteiger partial charge in [-0.05, 0) is 12.1 Å². The highest BCUT2D eigenvalue weighted by molar-refractivity contribution is 7.92. The summed E-state index contributed by atoms with van der Waals surface area (Å²) in [5, 5.41) is 49.6. The van der Waals surface area contributed by atoms with Crippen LogP contribution in [-0.4, -0.2) is 75.8 Å². The fourth-order valence-electron chi connectivity index (χ4n) is 2.68. The second-order valence-corrected chi connectivity index (χ2v) is 7.95. The topological polar surface area (TPSA) is 197 Å². The summed E-state index contributed by atoms with van der Waals surface area (Å²) in [5.41, 5.74) is -0.410. The number of ether oxygens (including phenoxy) is 1. The van der Waals surface area contributed by atoms with Crippen LogP contribution in [-0.2, 0) is 19.4 Å². The van der Waals surface area contributed by atoms with Crippen LogP contribution in [0.2, 0.25) is 0 Å². The summed E-state index contributed by atoms with van der Waals surface area (Å²) >= 11 is 0. The summed E-state index contributed by atoms with van der Waals surface area (Å²) in [4.78, 5) is 20.7. The fourth-order valence-corrected chi connectivity index (χ4v) is 4.30. The maximum absolute atomic E-state index is 12.9. The standard InChI is InChI=1S/C14H18N2O10S/c1-7(18)15-13-12(20)11(19)10(6-17)26-14(13,21)27(24,25)9-4-2-8(3-5-9)16(22)23/h2-5,10-13,17,19-21H,6H2,1H3,(H,15,18)/t10-,11-,12+,13-,14?/m1/s1. The van der Waals surface area contributed by atoms with Crippen LogP contribution in [0.1, 0.15) is 6.92 Å². The molecule has 12 nitrogen and oxygen atoms in total. The van der Waals surface area contributed by atoms with Gasteiger partial charge in [0.2, 0.25) is 15.7 Å². The lowest BCUT2D eigenvalue weighted by molar-refractivity contribution is -0.384. The largest absolute Gasteiger partial charge is 0.394 e. The minimum Gasteiger partial charge on any atom is -0.394 e. The smallest absolute Gasteiger partial charge is 0.300 e. The van der Waals surface area contributed by atoms with Crippen molar-refractivity contribution in [2.75, 3.05) is 6.61 Å². The van der Waals surface area contributed by atoms with Crippen LogP contribution >= 0.6 is 0 Å². The van der Waals surface area contributed by atoms with Crippen LogP contribution in [0.25, 0.3) is 0 Å². The third kappa shape index (κ3) is 3.65. The Labute approximate surface area is 153 Å². The molecule has 1 fully saturated rings. The summed E-state index contributed by atoms with van der Waals surface area (Å²) in [7, 11) is -4.88. The van der Waals surface area contributed by atoms with Crippen molar-refractivity contribution in [2.45, 2.75) is 41.3 Å². The molecule has 1 aromatic carbocycles. The normalized spacial score (nSPS) is 31.3. The predicted octanol–water partition coefficient (Wildman–Crippen LogP) is -2.37. The maximum Gasteiger partial charge on any atom is 0.300 e. The summed E-state index contributed by atoms with van der Waals surface area (Å²) in [5.74, 6) is -0.838. The Hall–Kier alpha value is -2.16. The minimum absolute atomic E-state index is 0.410. The van der Waals surface area contributed by atoms with E-state index in [4.69, 9.17) is 4.74 Å². The number of sulfone groups is 1. The Morgan fingerprint density at radius 2 is 1.85 bits per heavy atom. The molecule has 0 aromatic heterocycles. The molecule has 1 amide bonds. The molecule has 1 aromatic rings. The molecule has 0 aliphatic carbocycles. The lowest BCUT2D eigenvalue weighted by Gasteiger charge is -2.46. The SMILES string of the molecule is CC(=O)N[C@@H]1[C@@H](O)[C@H](O)[C@@H](CO)OC1(O)S(=O)(=O)c1ccc([N+](=O)[O-])cc1. The van der Waals surface area contributed by atoms with Gasteiger partial charge in [0.1, 0.15) is 24.4 Å². The van der Waals surface area contributed by atoms with Gasteiger partial charge in [0, 0.05) is 19.1 Å². The van der Waals surface area contributed by atoms with E-state index in [-0.39, 0.29) is 0 Å². The van der Waals surface area contributed by atoms with Gasteiger partial charge in [0.05, 0.1) is 16.4 Å². The molecule has 1 heterocycles. The van der Waals surface area contributed by atoms with Gasteiger partial charge in [0.15, 0.2) is 0 Å². The third-order valence-corrected chi connectivity index (χ3v) is 6.08. The van der Waals surface area contributed by atoms with Crippen LogP contribution < -0.4 is 5.32 Å². The highest BCUT2D eigenvalue weighted by atomic mass is 32.2. The molecule has 2 rings (SSSR count). The molecule has 1 saturated heterocycles. The molecule has 1 aliphatic rings. The number of hydrogen-bond donors (Lipinski definition) is 5. The van der Waals surface area contributed by atoms with Gasteiger partial charge in [-0.2, -0.15) is 0 Å². The number of nitro groups is 1. The Morgan fingerprint density at radius 3 is 2.30 bits per heavy atom. The average molecular weight is 406 g/mol. The number of aliphatic hydroxyl groups excluding tert-OH is 3. The van der Waals surface area contributed by atoms with Crippen molar-refractivity contribution in [1.82, 2.24) is 5.32 Å². The quantitative estimate of drug-likeness (QED) is 0.260. The van der Waals surface area contributed by atoms with Crippen LogP contribution in [0.5, 0.6) is 0 Å². The maximum atomic E-state index is 12.9. The minimum atomic E-state index is -4.88. The molecule has 0 radical (unpaired) electrons. The van der Waals surface area contributed by atoms with Crippen molar-refractivity contribution in [2.24, 2.45) is 0 Å². The van der Waals surface area contributed by atoms with Crippen molar-refractivity contribution in [3.8, 4) is 0 Å². The number of amides is 1. The first-order valence-electron chi connectivity index (χ1n) is 7.59. The zero-order valence-electron chi connectivity index (χ0n) is 13.9. The van der Waals surface area contributed by atoms with Gasteiger partial charge in [-0.15, -0.1) is 0 Å². The van der Waals surface area contributed by atoms with Crippen molar-refractivity contribution in [1.29, 1.82) is 0 Å². The molecular weight excluding hydrogens is 388 g/mol. The number of carbonyl (C=O) groups excluding carboxylic acids is 1. The second kappa shape index (κ2) is 7.46. The number of non-ortho nitro benzene ring substituents is 1. The van der Waals surface area contributed by atoms with E-state index >= 15 is 0 Å². The van der Waals surface area contributed by atoms with Crippen molar-refractivity contribution < 1.29 is 43.3 Å². The number of benzene rings is 1. The highest BCUT2D eigenvalue weighted by Crippen LogP contribution is 2.36. The molecule has 13 heteroatoms. The first kappa shape index (κ1) is 21.1. The summed E-state index contributed by atoms with van der Waals surface area (Å²) in [6.07, 6.45) is -5.49. The van der Waals surface area contributed by atoms with Gasteiger partial charge in [-0.3, -0.25) is 14.9 Å². The lowest BCUT2D eigenvalue weighted by Crippen LogP contribution is -2.72. The Balaban J connectivity index is 2.56. The van der Waals surface area contributed by atoms with E-state index in [1.165, 1.54) is 0 Å². The third-order valence-electron chi connectivity index (χ3n) is 4.07. The lowest BCUT2D eigenvalue weighted by atomic mass is 9.97. The van der Waals surface area contributed by atoms with Crippen LogP contribution in [0.15, 0.2) is 29.2 Å². The monoisotopic (exact) mass is 406 g/mol. The van der Waals surface area contributed by atoms with Gasteiger partial charge < -0.3 is 30.5 Å². The zero-order valence-corrected chi connectivity index (χ0v) is 14.7. The number of aliphatic hydroxyl groups is 4. The fraction of sp³-hybridized carbons (Fsp3) is 0.500. The van der Waals surface area contributed by atoms with E-state index in [0.717, 1.165) is 31.2 Å². The van der Waals surface area contributed by atoms with Crippen LogP contribution in [0.4, 0.5) is 5.69 Å². The number of rotatable bonds is 5. The van der Waals surface area contributed by atoms with Crippen LogP contribution in [0, 0.1) is 10.1 Å². The Morgan fingerprint density at radius 1 is 1.30 bits per heavy atom. The summed E-state index contributed by atoms with van der Waals surface area (Å²) in [6, 6.07) is 1.42. The summed E-state index contributed by atoms with van der Waals surface area (Å²) in [6.45, 7) is 0.0409. The van der Waals surface area contributed by atoms with E-state index in [1.54, 1.807) is 0 Å². The molecular formula is C14H18N2O10S. The van der Waals surface area contributed by atoms with Gasteiger partial charge >= 0.3 is 0 Å². The Bertz CT molecular complexity index is 827. The van der Waals surface area contributed by atoms with E-state index in [2.05, 4.69) is 0 Å². The molecule has 5 N–H and O–H groups in total. The first-order chi connectivity index (χ1) is 12.5. The van der Waals surface area contributed by atoms with Gasteiger partial charge in [0.25, 0.3) is 10.8 Å². The van der Waals surface area contributed by atoms with Gasteiger partial charge in [-0.25, -0.2) is 8.42 Å². The van der Waals surface area contributed by atoms with E-state index in [0.29, 0.717) is 0 Å². The van der Waals surface area contributed by atoms with Crippen LogP contribution in [0.3, 0.4) is 0 Å². The zero-order chi connectivity index (χ0) is 20.6. The predicted molar refractivity (Wildman–Crippen MR) is 86.8 cm³/mol. The van der Waals surface area contributed by atoms with Gasteiger partial charge in [-0.1, -0.05) is 0 Å².